The highest BCUT2D eigenvalue weighted by Gasteiger charge is 2.22. The summed E-state index contributed by atoms with van der Waals surface area (Å²) in [6, 6.07) is 10.9. The minimum absolute atomic E-state index is 0.256. The third-order valence-corrected chi connectivity index (χ3v) is 5.16. The van der Waals surface area contributed by atoms with Crippen LogP contribution in [0.15, 0.2) is 41.3 Å². The average molecular weight is 318 g/mol. The lowest BCUT2D eigenvalue weighted by molar-refractivity contribution is 0.484. The van der Waals surface area contributed by atoms with Gasteiger partial charge >= 0.3 is 10.1 Å². The second-order valence-corrected chi connectivity index (χ2v) is 7.47. The number of hydrogen-bond donors (Lipinski definition) is 0. The summed E-state index contributed by atoms with van der Waals surface area (Å²) in [7, 11) is -3.82. The van der Waals surface area contributed by atoms with Crippen LogP contribution in [0, 0.1) is 20.8 Å². The minimum Gasteiger partial charge on any atom is -0.379 e. The van der Waals surface area contributed by atoms with Crippen molar-refractivity contribution in [1.29, 1.82) is 0 Å². The second-order valence-electron chi connectivity index (χ2n) is 5.99. The van der Waals surface area contributed by atoms with Gasteiger partial charge in [-0.1, -0.05) is 43.7 Å². The van der Waals surface area contributed by atoms with Gasteiger partial charge in [-0.3, -0.25) is 0 Å². The van der Waals surface area contributed by atoms with Crippen LogP contribution >= 0.6 is 0 Å². The Morgan fingerprint density at radius 3 is 1.86 bits per heavy atom. The molecule has 0 bridgehead atoms. The van der Waals surface area contributed by atoms with Crippen molar-refractivity contribution in [3.63, 3.8) is 0 Å². The fourth-order valence-electron chi connectivity index (χ4n) is 2.64. The summed E-state index contributed by atoms with van der Waals surface area (Å²) in [6.07, 6.45) is 0. The molecule has 22 heavy (non-hydrogen) atoms. The molecule has 0 aromatic heterocycles. The molecule has 4 heteroatoms. The molecular weight excluding hydrogens is 296 g/mol. The van der Waals surface area contributed by atoms with Crippen LogP contribution in [0.5, 0.6) is 5.75 Å². The molecule has 0 saturated carbocycles. The summed E-state index contributed by atoms with van der Waals surface area (Å²) in [5.74, 6) is 0.732. The largest absolute Gasteiger partial charge is 0.379 e. The standard InChI is InChI=1S/C18H22O3S/c1-12(2)16-6-8-17(9-7-16)21-22(19,20)18-14(4)10-13(3)11-15(18)5/h6-12H,1-5H3. The first-order valence-corrected chi connectivity index (χ1v) is 8.74. The zero-order valence-electron chi connectivity index (χ0n) is 13.7. The molecule has 118 valence electrons. The molecule has 0 heterocycles. The molecule has 2 aromatic rings. The number of aryl methyl sites for hydroxylation is 3. The van der Waals surface area contributed by atoms with Crippen LogP contribution in [0.1, 0.15) is 42.0 Å². The molecular formula is C18H22O3S. The molecule has 0 fully saturated rings. The average Bonchev–Trinajstić information content (AvgIpc) is 2.36. The first-order chi connectivity index (χ1) is 10.2. The van der Waals surface area contributed by atoms with Crippen molar-refractivity contribution < 1.29 is 12.6 Å². The predicted molar refractivity (Wildman–Crippen MR) is 89.0 cm³/mol. The Balaban J connectivity index is 2.36. The molecule has 0 unspecified atom stereocenters. The maximum atomic E-state index is 12.6. The van der Waals surface area contributed by atoms with Crippen molar-refractivity contribution >= 4 is 10.1 Å². The van der Waals surface area contributed by atoms with Crippen LogP contribution in [0.3, 0.4) is 0 Å². The van der Waals surface area contributed by atoms with Gasteiger partial charge in [0.05, 0.1) is 0 Å². The third-order valence-electron chi connectivity index (χ3n) is 3.61. The smallest absolute Gasteiger partial charge is 0.339 e. The van der Waals surface area contributed by atoms with Gasteiger partial charge in [0.2, 0.25) is 0 Å². The van der Waals surface area contributed by atoms with Crippen LogP contribution in [0.25, 0.3) is 0 Å². The molecule has 0 aliphatic carbocycles. The van der Waals surface area contributed by atoms with Gasteiger partial charge in [0.25, 0.3) is 0 Å². The van der Waals surface area contributed by atoms with Gasteiger partial charge in [0, 0.05) is 0 Å². The zero-order valence-corrected chi connectivity index (χ0v) is 14.5. The summed E-state index contributed by atoms with van der Waals surface area (Å²) in [6.45, 7) is 9.70. The van der Waals surface area contributed by atoms with Crippen LogP contribution in [-0.2, 0) is 10.1 Å². The predicted octanol–water partition coefficient (Wildman–Crippen LogP) is 4.50. The van der Waals surface area contributed by atoms with Gasteiger partial charge in [0.15, 0.2) is 0 Å². The lowest BCUT2D eigenvalue weighted by Crippen LogP contribution is -2.13. The zero-order chi connectivity index (χ0) is 16.5. The molecule has 2 rings (SSSR count). The molecule has 0 amide bonds. The van der Waals surface area contributed by atoms with E-state index in [9.17, 15) is 8.42 Å². The van der Waals surface area contributed by atoms with Crippen molar-refractivity contribution in [3.8, 4) is 5.75 Å². The Kier molecular flexibility index (Phi) is 4.61. The van der Waals surface area contributed by atoms with E-state index < -0.39 is 10.1 Å². The molecule has 0 N–H and O–H groups in total. The topological polar surface area (TPSA) is 43.4 Å². The highest BCUT2D eigenvalue weighted by Crippen LogP contribution is 2.26. The summed E-state index contributed by atoms with van der Waals surface area (Å²) in [4.78, 5) is 0.256. The molecule has 0 aliphatic heterocycles. The number of hydrogen-bond acceptors (Lipinski definition) is 3. The summed E-state index contributed by atoms with van der Waals surface area (Å²) >= 11 is 0. The second kappa shape index (κ2) is 6.13. The quantitative estimate of drug-likeness (QED) is 0.779. The van der Waals surface area contributed by atoms with Crippen molar-refractivity contribution in [3.05, 3.63) is 58.7 Å². The van der Waals surface area contributed by atoms with Crippen LogP contribution in [-0.4, -0.2) is 8.42 Å². The Hall–Kier alpha value is -1.81. The molecule has 3 nitrogen and oxygen atoms in total. The van der Waals surface area contributed by atoms with Crippen LogP contribution < -0.4 is 4.18 Å². The third kappa shape index (κ3) is 3.50. The van der Waals surface area contributed by atoms with E-state index in [-0.39, 0.29) is 4.90 Å². The van der Waals surface area contributed by atoms with E-state index in [0.29, 0.717) is 22.8 Å². The van der Waals surface area contributed by atoms with Gasteiger partial charge in [-0.05, 0) is 55.5 Å². The SMILES string of the molecule is Cc1cc(C)c(S(=O)(=O)Oc2ccc(C(C)C)cc2)c(C)c1. The summed E-state index contributed by atoms with van der Waals surface area (Å²) in [5.41, 5.74) is 3.59. The molecule has 0 saturated heterocycles. The Labute approximate surface area is 133 Å². The van der Waals surface area contributed by atoms with Crippen LogP contribution in [0.2, 0.25) is 0 Å². The molecule has 0 aliphatic rings. The summed E-state index contributed by atoms with van der Waals surface area (Å²) < 4.78 is 30.4. The highest BCUT2D eigenvalue weighted by atomic mass is 32.2. The fraction of sp³-hybridized carbons (Fsp3) is 0.333. The van der Waals surface area contributed by atoms with Gasteiger partial charge in [-0.15, -0.1) is 0 Å². The fourth-order valence-corrected chi connectivity index (χ4v) is 3.99. The van der Waals surface area contributed by atoms with Crippen LogP contribution in [0.4, 0.5) is 0 Å². The molecule has 0 spiro atoms. The van der Waals surface area contributed by atoms with E-state index in [4.69, 9.17) is 4.18 Å². The molecule has 2 aromatic carbocycles. The Bertz CT molecular complexity index is 749. The van der Waals surface area contributed by atoms with Gasteiger partial charge < -0.3 is 4.18 Å². The maximum Gasteiger partial charge on any atom is 0.339 e. The van der Waals surface area contributed by atoms with Crippen molar-refractivity contribution in [1.82, 2.24) is 0 Å². The van der Waals surface area contributed by atoms with Gasteiger partial charge in [-0.2, -0.15) is 8.42 Å². The van der Waals surface area contributed by atoms with Crippen molar-refractivity contribution in [2.75, 3.05) is 0 Å². The van der Waals surface area contributed by atoms with E-state index in [1.165, 1.54) is 0 Å². The minimum atomic E-state index is -3.82. The first-order valence-electron chi connectivity index (χ1n) is 7.33. The van der Waals surface area contributed by atoms with E-state index in [2.05, 4.69) is 13.8 Å². The lowest BCUT2D eigenvalue weighted by Gasteiger charge is -2.13. The molecule has 0 radical (unpaired) electrons. The summed E-state index contributed by atoms with van der Waals surface area (Å²) in [5, 5.41) is 0. The van der Waals surface area contributed by atoms with E-state index in [1.54, 1.807) is 26.0 Å². The Morgan fingerprint density at radius 1 is 0.909 bits per heavy atom. The van der Waals surface area contributed by atoms with Gasteiger partial charge in [0.1, 0.15) is 10.6 Å². The van der Waals surface area contributed by atoms with Crippen molar-refractivity contribution in [2.45, 2.75) is 45.4 Å². The van der Waals surface area contributed by atoms with E-state index >= 15 is 0 Å². The first kappa shape index (κ1) is 16.6. The van der Waals surface area contributed by atoms with E-state index in [1.807, 2.05) is 31.2 Å². The Morgan fingerprint density at radius 2 is 1.41 bits per heavy atom. The van der Waals surface area contributed by atoms with E-state index in [0.717, 1.165) is 11.1 Å². The maximum absolute atomic E-state index is 12.6. The highest BCUT2D eigenvalue weighted by molar-refractivity contribution is 7.87. The molecule has 0 atom stereocenters. The van der Waals surface area contributed by atoms with Gasteiger partial charge in [-0.25, -0.2) is 0 Å². The number of benzene rings is 2. The number of rotatable bonds is 4. The lowest BCUT2D eigenvalue weighted by atomic mass is 10.0. The monoisotopic (exact) mass is 318 g/mol. The normalized spacial score (nSPS) is 11.7. The van der Waals surface area contributed by atoms with Crippen molar-refractivity contribution in [2.24, 2.45) is 0 Å².